The maximum absolute atomic E-state index is 13.6. The van der Waals surface area contributed by atoms with Crippen LogP contribution < -0.4 is 10.6 Å². The molecule has 0 unspecified atom stereocenters. The smallest absolute Gasteiger partial charge is 0.234 e. The van der Waals surface area contributed by atoms with Crippen molar-refractivity contribution in [1.29, 1.82) is 0 Å². The molecule has 112 valence electrons. The summed E-state index contributed by atoms with van der Waals surface area (Å²) >= 11 is 2.66. The average Bonchev–Trinajstić information content (AvgIpc) is 2.88. The molecule has 1 aromatic carbocycles. The lowest BCUT2D eigenvalue weighted by Crippen LogP contribution is -2.15. The largest absolute Gasteiger partial charge is 0.360 e. The quantitative estimate of drug-likeness (QED) is 0.798. The normalized spacial score (nSPS) is 10.4. The van der Waals surface area contributed by atoms with Crippen LogP contribution in [0.1, 0.15) is 12.5 Å². The van der Waals surface area contributed by atoms with Gasteiger partial charge in [-0.1, -0.05) is 29.2 Å². The van der Waals surface area contributed by atoms with Crippen LogP contribution in [-0.4, -0.2) is 28.4 Å². The zero-order chi connectivity index (χ0) is 15.2. The van der Waals surface area contributed by atoms with E-state index < -0.39 is 5.82 Å². The predicted molar refractivity (Wildman–Crippen MR) is 84.6 cm³/mol. The number of halogens is 1. The number of thioether (sulfide) groups is 1. The number of anilines is 2. The van der Waals surface area contributed by atoms with Crippen molar-refractivity contribution in [3.05, 3.63) is 29.6 Å². The number of amides is 1. The lowest BCUT2D eigenvalue weighted by Gasteiger charge is -2.06. The van der Waals surface area contributed by atoms with E-state index in [-0.39, 0.29) is 17.3 Å². The molecule has 2 N–H and O–H groups in total. The lowest BCUT2D eigenvalue weighted by atomic mass is 10.2. The molecule has 0 atom stereocenters. The molecule has 0 saturated carbocycles. The van der Waals surface area contributed by atoms with Crippen LogP contribution in [0.2, 0.25) is 0 Å². The van der Waals surface area contributed by atoms with Crippen LogP contribution in [0.5, 0.6) is 0 Å². The first-order valence-electron chi connectivity index (χ1n) is 6.34. The Bertz CT molecular complexity index is 632. The van der Waals surface area contributed by atoms with E-state index in [1.165, 1.54) is 29.2 Å². The third-order valence-corrected chi connectivity index (χ3v) is 4.47. The third-order valence-electron chi connectivity index (χ3n) is 2.46. The van der Waals surface area contributed by atoms with Crippen molar-refractivity contribution in [3.8, 4) is 0 Å². The van der Waals surface area contributed by atoms with Crippen molar-refractivity contribution in [3.63, 3.8) is 0 Å². The van der Waals surface area contributed by atoms with Crippen LogP contribution in [0.25, 0.3) is 0 Å². The molecule has 0 radical (unpaired) electrons. The third kappa shape index (κ3) is 4.68. The van der Waals surface area contributed by atoms with Crippen LogP contribution in [0.15, 0.2) is 22.5 Å². The van der Waals surface area contributed by atoms with Crippen molar-refractivity contribution in [2.24, 2.45) is 0 Å². The van der Waals surface area contributed by atoms with E-state index in [2.05, 4.69) is 20.8 Å². The zero-order valence-electron chi connectivity index (χ0n) is 11.6. The van der Waals surface area contributed by atoms with Gasteiger partial charge in [0, 0.05) is 6.54 Å². The first-order valence-corrected chi connectivity index (χ1v) is 8.15. The molecule has 8 heteroatoms. The number of carbonyl (C=O) groups is 1. The molecule has 0 aliphatic heterocycles. The van der Waals surface area contributed by atoms with E-state index in [9.17, 15) is 9.18 Å². The minimum Gasteiger partial charge on any atom is -0.360 e. The van der Waals surface area contributed by atoms with Gasteiger partial charge in [-0.15, -0.1) is 10.2 Å². The van der Waals surface area contributed by atoms with E-state index in [1.54, 1.807) is 19.1 Å². The summed E-state index contributed by atoms with van der Waals surface area (Å²) in [6.07, 6.45) is 0. The SMILES string of the molecule is CCNc1nnc(SCC(=O)Nc2ccc(C)cc2F)s1. The van der Waals surface area contributed by atoms with Crippen molar-refractivity contribution in [1.82, 2.24) is 10.2 Å². The topological polar surface area (TPSA) is 66.9 Å². The summed E-state index contributed by atoms with van der Waals surface area (Å²) in [5.41, 5.74) is 1.00. The number of nitrogens with one attached hydrogen (secondary N) is 2. The standard InChI is InChI=1S/C13H15FN4OS2/c1-3-15-12-17-18-13(21-12)20-7-11(19)16-10-5-4-8(2)6-9(10)14/h4-6H,3,7H2,1-2H3,(H,15,17)(H,16,19). The van der Waals surface area contributed by atoms with Crippen LogP contribution in [-0.2, 0) is 4.79 Å². The van der Waals surface area contributed by atoms with Crippen molar-refractivity contribution in [2.75, 3.05) is 22.9 Å². The second kappa shape index (κ2) is 7.37. The Labute approximate surface area is 130 Å². The molecular weight excluding hydrogens is 311 g/mol. The van der Waals surface area contributed by atoms with Gasteiger partial charge in [0.05, 0.1) is 11.4 Å². The lowest BCUT2D eigenvalue weighted by molar-refractivity contribution is -0.113. The van der Waals surface area contributed by atoms with E-state index >= 15 is 0 Å². The molecule has 0 fully saturated rings. The van der Waals surface area contributed by atoms with Gasteiger partial charge in [0.1, 0.15) is 5.82 Å². The van der Waals surface area contributed by atoms with E-state index in [0.717, 1.165) is 17.2 Å². The molecule has 1 aromatic heterocycles. The van der Waals surface area contributed by atoms with Gasteiger partial charge in [0.25, 0.3) is 0 Å². The number of hydrogen-bond donors (Lipinski definition) is 2. The summed E-state index contributed by atoms with van der Waals surface area (Å²) in [5, 5.41) is 14.2. The predicted octanol–water partition coefficient (Wildman–Crippen LogP) is 3.15. The molecule has 2 rings (SSSR count). The highest BCUT2D eigenvalue weighted by Crippen LogP contribution is 2.25. The Balaban J connectivity index is 1.86. The first-order chi connectivity index (χ1) is 10.1. The van der Waals surface area contributed by atoms with Gasteiger partial charge in [-0.25, -0.2) is 4.39 Å². The summed E-state index contributed by atoms with van der Waals surface area (Å²) in [5.74, 6) is -0.546. The first kappa shape index (κ1) is 15.7. The fraction of sp³-hybridized carbons (Fsp3) is 0.308. The summed E-state index contributed by atoms with van der Waals surface area (Å²) in [7, 11) is 0. The van der Waals surface area contributed by atoms with Crippen LogP contribution >= 0.6 is 23.1 Å². The maximum Gasteiger partial charge on any atom is 0.234 e. The number of benzene rings is 1. The number of hydrogen-bond acceptors (Lipinski definition) is 6. The van der Waals surface area contributed by atoms with Crippen LogP contribution in [0.3, 0.4) is 0 Å². The molecule has 0 bridgehead atoms. The molecule has 0 aliphatic rings. The van der Waals surface area contributed by atoms with Crippen LogP contribution in [0.4, 0.5) is 15.2 Å². The highest BCUT2D eigenvalue weighted by atomic mass is 32.2. The molecule has 21 heavy (non-hydrogen) atoms. The van der Waals surface area contributed by atoms with Crippen LogP contribution in [0, 0.1) is 12.7 Å². The maximum atomic E-state index is 13.6. The Morgan fingerprint density at radius 3 is 2.95 bits per heavy atom. The Morgan fingerprint density at radius 2 is 2.24 bits per heavy atom. The number of rotatable bonds is 6. The fourth-order valence-electron chi connectivity index (χ4n) is 1.53. The van der Waals surface area contributed by atoms with E-state index in [4.69, 9.17) is 0 Å². The molecule has 0 saturated heterocycles. The second-order valence-electron chi connectivity index (χ2n) is 4.22. The van der Waals surface area contributed by atoms with Gasteiger partial charge in [0.2, 0.25) is 11.0 Å². The van der Waals surface area contributed by atoms with Gasteiger partial charge in [-0.3, -0.25) is 4.79 Å². The fourth-order valence-corrected chi connectivity index (χ4v) is 3.15. The van der Waals surface area contributed by atoms with Gasteiger partial charge in [-0.05, 0) is 31.5 Å². The van der Waals surface area contributed by atoms with Crippen molar-refractivity contribution >= 4 is 39.8 Å². The molecule has 0 aliphatic carbocycles. The zero-order valence-corrected chi connectivity index (χ0v) is 13.3. The molecule has 0 spiro atoms. The Hall–Kier alpha value is -1.67. The highest BCUT2D eigenvalue weighted by Gasteiger charge is 2.10. The number of aryl methyl sites for hydroxylation is 1. The molecule has 1 amide bonds. The summed E-state index contributed by atoms with van der Waals surface area (Å²) in [4.78, 5) is 11.8. The molecule has 1 heterocycles. The minimum atomic E-state index is -0.432. The summed E-state index contributed by atoms with van der Waals surface area (Å²) in [6, 6.07) is 4.69. The van der Waals surface area contributed by atoms with E-state index in [0.29, 0.717) is 4.34 Å². The van der Waals surface area contributed by atoms with E-state index in [1.807, 2.05) is 6.92 Å². The van der Waals surface area contributed by atoms with Gasteiger partial charge in [-0.2, -0.15) is 0 Å². The molecular formula is C13H15FN4OS2. The molecule has 5 nitrogen and oxygen atoms in total. The van der Waals surface area contributed by atoms with Crippen molar-refractivity contribution in [2.45, 2.75) is 18.2 Å². The number of carbonyl (C=O) groups excluding carboxylic acids is 1. The summed E-state index contributed by atoms with van der Waals surface area (Å²) in [6.45, 7) is 4.53. The highest BCUT2D eigenvalue weighted by molar-refractivity contribution is 8.01. The molecule has 2 aromatic rings. The minimum absolute atomic E-state index is 0.161. The van der Waals surface area contributed by atoms with Gasteiger partial charge >= 0.3 is 0 Å². The monoisotopic (exact) mass is 326 g/mol. The second-order valence-corrected chi connectivity index (χ2v) is 6.42. The number of aromatic nitrogens is 2. The Kier molecular flexibility index (Phi) is 5.51. The number of nitrogens with zero attached hydrogens (tertiary/aromatic N) is 2. The van der Waals surface area contributed by atoms with Gasteiger partial charge in [0.15, 0.2) is 4.34 Å². The van der Waals surface area contributed by atoms with Gasteiger partial charge < -0.3 is 10.6 Å². The summed E-state index contributed by atoms with van der Waals surface area (Å²) < 4.78 is 14.3. The Morgan fingerprint density at radius 1 is 1.43 bits per heavy atom. The average molecular weight is 326 g/mol. The van der Waals surface area contributed by atoms with Crippen molar-refractivity contribution < 1.29 is 9.18 Å².